The third-order valence-electron chi connectivity index (χ3n) is 3.76. The van der Waals surface area contributed by atoms with Gasteiger partial charge in [0, 0.05) is 23.6 Å². The molecule has 0 aliphatic carbocycles. The van der Waals surface area contributed by atoms with Crippen LogP contribution < -0.4 is 10.1 Å². The highest BCUT2D eigenvalue weighted by Crippen LogP contribution is 2.22. The maximum Gasteiger partial charge on any atom is 0.306 e. The van der Waals surface area contributed by atoms with Gasteiger partial charge in [0.25, 0.3) is 0 Å². The smallest absolute Gasteiger partial charge is 0.306 e. The van der Waals surface area contributed by atoms with Crippen molar-refractivity contribution in [1.29, 1.82) is 0 Å². The van der Waals surface area contributed by atoms with Crippen LogP contribution in [-0.2, 0) is 20.9 Å². The van der Waals surface area contributed by atoms with E-state index in [1.54, 1.807) is 24.3 Å². The standard InChI is InChI=1S/C20H19NO5/c1-24-20(23)10-9-19(22)21-15-6-4-7-16(12-15)25-13-17-11-14-5-2-3-8-18(14)26-17/h2-8,11-12H,9-10,13H2,1H3,(H,21,22). The maximum atomic E-state index is 11.8. The van der Waals surface area contributed by atoms with Crippen molar-refractivity contribution in [2.75, 3.05) is 12.4 Å². The lowest BCUT2D eigenvalue weighted by Gasteiger charge is -2.08. The van der Waals surface area contributed by atoms with Crippen LogP contribution in [0.15, 0.2) is 59.0 Å². The second kappa shape index (κ2) is 8.20. The number of benzene rings is 2. The molecule has 0 saturated carbocycles. The summed E-state index contributed by atoms with van der Waals surface area (Å²) in [5.41, 5.74) is 1.42. The molecule has 0 aliphatic rings. The Balaban J connectivity index is 1.56. The number of para-hydroxylation sites is 1. The Morgan fingerprint density at radius 1 is 1.04 bits per heavy atom. The summed E-state index contributed by atoms with van der Waals surface area (Å²) >= 11 is 0. The molecule has 0 bridgehead atoms. The predicted octanol–water partition coefficient (Wildman–Crippen LogP) is 3.90. The zero-order chi connectivity index (χ0) is 18.4. The summed E-state index contributed by atoms with van der Waals surface area (Å²) in [7, 11) is 1.29. The number of anilines is 1. The molecule has 3 rings (SSSR count). The maximum absolute atomic E-state index is 11.8. The summed E-state index contributed by atoms with van der Waals surface area (Å²) in [5.74, 6) is 0.655. The highest BCUT2D eigenvalue weighted by molar-refractivity contribution is 5.92. The van der Waals surface area contributed by atoms with Gasteiger partial charge < -0.3 is 19.2 Å². The molecule has 0 saturated heterocycles. The summed E-state index contributed by atoms with van der Waals surface area (Å²) in [6, 6.07) is 16.8. The van der Waals surface area contributed by atoms with E-state index in [1.165, 1.54) is 7.11 Å². The predicted molar refractivity (Wildman–Crippen MR) is 96.9 cm³/mol. The summed E-state index contributed by atoms with van der Waals surface area (Å²) in [4.78, 5) is 22.9. The first-order chi connectivity index (χ1) is 12.6. The Kier molecular flexibility index (Phi) is 5.53. The number of hydrogen-bond donors (Lipinski definition) is 1. The van der Waals surface area contributed by atoms with Crippen LogP contribution in [-0.4, -0.2) is 19.0 Å². The quantitative estimate of drug-likeness (QED) is 0.652. The van der Waals surface area contributed by atoms with Gasteiger partial charge in [-0.05, 0) is 24.3 Å². The van der Waals surface area contributed by atoms with Gasteiger partial charge in [0.2, 0.25) is 5.91 Å². The van der Waals surface area contributed by atoms with Gasteiger partial charge >= 0.3 is 5.97 Å². The van der Waals surface area contributed by atoms with Crippen LogP contribution >= 0.6 is 0 Å². The average Bonchev–Trinajstić information content (AvgIpc) is 3.08. The largest absolute Gasteiger partial charge is 0.486 e. The van der Waals surface area contributed by atoms with Crippen LogP contribution in [0.25, 0.3) is 11.0 Å². The number of rotatable bonds is 7. The fraction of sp³-hybridized carbons (Fsp3) is 0.200. The molecule has 2 aromatic carbocycles. The van der Waals surface area contributed by atoms with E-state index in [0.717, 1.165) is 16.7 Å². The Morgan fingerprint density at radius 3 is 2.69 bits per heavy atom. The summed E-state index contributed by atoms with van der Waals surface area (Å²) in [6.07, 6.45) is 0.112. The van der Waals surface area contributed by atoms with Gasteiger partial charge in [-0.1, -0.05) is 24.3 Å². The van der Waals surface area contributed by atoms with Crippen molar-refractivity contribution in [1.82, 2.24) is 0 Å². The number of nitrogens with one attached hydrogen (secondary N) is 1. The van der Waals surface area contributed by atoms with Crippen molar-refractivity contribution >= 4 is 28.5 Å². The van der Waals surface area contributed by atoms with Crippen LogP contribution in [0, 0.1) is 0 Å². The number of esters is 1. The molecule has 1 heterocycles. The number of amides is 1. The Bertz CT molecular complexity index is 882. The fourth-order valence-electron chi connectivity index (χ4n) is 2.47. The van der Waals surface area contributed by atoms with Crippen LogP contribution in [0.2, 0.25) is 0 Å². The Morgan fingerprint density at radius 2 is 1.88 bits per heavy atom. The molecule has 26 heavy (non-hydrogen) atoms. The first kappa shape index (κ1) is 17.5. The molecule has 6 nitrogen and oxygen atoms in total. The van der Waals surface area contributed by atoms with Gasteiger partial charge in [-0.15, -0.1) is 0 Å². The number of carbonyl (C=O) groups is 2. The van der Waals surface area contributed by atoms with Gasteiger partial charge in [-0.3, -0.25) is 9.59 Å². The molecule has 0 unspecified atom stereocenters. The van der Waals surface area contributed by atoms with Gasteiger partial charge in [0.1, 0.15) is 23.7 Å². The van der Waals surface area contributed by atoms with Gasteiger partial charge in [-0.2, -0.15) is 0 Å². The van der Waals surface area contributed by atoms with Crippen LogP contribution in [0.4, 0.5) is 5.69 Å². The molecular formula is C20H19NO5. The number of carbonyl (C=O) groups excluding carboxylic acids is 2. The number of fused-ring (bicyclic) bond motifs is 1. The lowest BCUT2D eigenvalue weighted by molar-refractivity contribution is -0.141. The first-order valence-electron chi connectivity index (χ1n) is 8.21. The minimum absolute atomic E-state index is 0.0462. The number of ether oxygens (including phenoxy) is 2. The topological polar surface area (TPSA) is 77.8 Å². The third-order valence-corrected chi connectivity index (χ3v) is 3.76. The van der Waals surface area contributed by atoms with E-state index in [1.807, 2.05) is 30.3 Å². The van der Waals surface area contributed by atoms with Gasteiger partial charge in [-0.25, -0.2) is 0 Å². The fourth-order valence-corrected chi connectivity index (χ4v) is 2.47. The SMILES string of the molecule is COC(=O)CCC(=O)Nc1cccc(OCc2cc3ccccc3o2)c1. The minimum atomic E-state index is -0.414. The van der Waals surface area contributed by atoms with Crippen molar-refractivity contribution in [3.05, 3.63) is 60.4 Å². The Hall–Kier alpha value is -3.28. The van der Waals surface area contributed by atoms with E-state index in [-0.39, 0.29) is 25.4 Å². The monoisotopic (exact) mass is 353 g/mol. The molecule has 134 valence electrons. The third kappa shape index (κ3) is 4.63. The van der Waals surface area contributed by atoms with E-state index in [4.69, 9.17) is 9.15 Å². The molecular weight excluding hydrogens is 334 g/mol. The zero-order valence-electron chi connectivity index (χ0n) is 14.4. The van der Waals surface area contributed by atoms with Crippen LogP contribution in [0.1, 0.15) is 18.6 Å². The number of furan rings is 1. The molecule has 0 aliphatic heterocycles. The normalized spacial score (nSPS) is 10.5. The molecule has 6 heteroatoms. The molecule has 0 fully saturated rings. The van der Waals surface area contributed by atoms with Gasteiger partial charge in [0.15, 0.2) is 0 Å². The zero-order valence-corrected chi connectivity index (χ0v) is 14.4. The van der Waals surface area contributed by atoms with E-state index >= 15 is 0 Å². The molecule has 0 atom stereocenters. The van der Waals surface area contributed by atoms with Crippen LogP contribution in [0.3, 0.4) is 0 Å². The second-order valence-corrected chi connectivity index (χ2v) is 5.69. The number of methoxy groups -OCH3 is 1. The summed E-state index contributed by atoms with van der Waals surface area (Å²) in [5, 5.41) is 3.76. The lowest BCUT2D eigenvalue weighted by Crippen LogP contribution is -2.13. The van der Waals surface area contributed by atoms with E-state index in [2.05, 4.69) is 10.1 Å². The van der Waals surface area contributed by atoms with Crippen molar-refractivity contribution in [3.8, 4) is 5.75 Å². The highest BCUT2D eigenvalue weighted by Gasteiger charge is 2.08. The van der Waals surface area contributed by atoms with E-state index < -0.39 is 5.97 Å². The molecule has 1 amide bonds. The highest BCUT2D eigenvalue weighted by atomic mass is 16.5. The van der Waals surface area contributed by atoms with Crippen molar-refractivity contribution < 1.29 is 23.5 Å². The average molecular weight is 353 g/mol. The summed E-state index contributed by atoms with van der Waals surface area (Å²) < 4.78 is 16.0. The first-order valence-corrected chi connectivity index (χ1v) is 8.21. The summed E-state index contributed by atoms with van der Waals surface area (Å²) in [6.45, 7) is 0.286. The molecule has 0 spiro atoms. The molecule has 0 radical (unpaired) electrons. The van der Waals surface area contributed by atoms with E-state index in [0.29, 0.717) is 11.4 Å². The Labute approximate surface area is 150 Å². The minimum Gasteiger partial charge on any atom is -0.486 e. The van der Waals surface area contributed by atoms with Crippen molar-refractivity contribution in [3.63, 3.8) is 0 Å². The van der Waals surface area contributed by atoms with Crippen molar-refractivity contribution in [2.24, 2.45) is 0 Å². The number of hydrogen-bond acceptors (Lipinski definition) is 5. The molecule has 1 N–H and O–H groups in total. The molecule has 3 aromatic rings. The lowest BCUT2D eigenvalue weighted by atomic mass is 10.2. The van der Waals surface area contributed by atoms with Crippen molar-refractivity contribution in [2.45, 2.75) is 19.4 Å². The van der Waals surface area contributed by atoms with E-state index in [9.17, 15) is 9.59 Å². The second-order valence-electron chi connectivity index (χ2n) is 5.69. The molecule has 1 aromatic heterocycles. The van der Waals surface area contributed by atoms with Crippen LogP contribution in [0.5, 0.6) is 5.75 Å². The van der Waals surface area contributed by atoms with Gasteiger partial charge in [0.05, 0.1) is 13.5 Å².